The van der Waals surface area contributed by atoms with Crippen LogP contribution in [0.4, 0.5) is 4.39 Å². The number of nitrogens with one attached hydrogen (secondary N) is 1. The Kier molecular flexibility index (Phi) is 6.22. The number of pyridine rings is 1. The Morgan fingerprint density at radius 3 is 2.49 bits per heavy atom. The minimum Gasteiger partial charge on any atom is -0.342 e. The number of rotatable bonds is 7. The van der Waals surface area contributed by atoms with Gasteiger partial charge in [0.15, 0.2) is 0 Å². The molecule has 5 aromatic rings. The third-order valence-electron chi connectivity index (χ3n) is 5.93. The van der Waals surface area contributed by atoms with Gasteiger partial charge in [0.05, 0.1) is 22.1 Å². The van der Waals surface area contributed by atoms with Gasteiger partial charge in [0.1, 0.15) is 17.2 Å². The van der Waals surface area contributed by atoms with Gasteiger partial charge in [-0.05, 0) is 59.8 Å². The SMILES string of the molecule is Cc1nc2c(Cc3ccc(S(=O)(=O)N(C)C(c4ccc(F)cc4)c4cccs4)cc3)nccc2[nH]1. The molecule has 6 nitrogen and oxygen atoms in total. The lowest BCUT2D eigenvalue weighted by molar-refractivity contribution is 0.421. The van der Waals surface area contributed by atoms with Gasteiger partial charge in [-0.25, -0.2) is 17.8 Å². The Bertz CT molecular complexity index is 1560. The fraction of sp³-hybridized carbons (Fsp3) is 0.154. The van der Waals surface area contributed by atoms with E-state index in [0.717, 1.165) is 33.0 Å². The first-order valence-electron chi connectivity index (χ1n) is 11.0. The molecule has 0 amide bonds. The minimum atomic E-state index is -3.83. The molecule has 3 aromatic heterocycles. The van der Waals surface area contributed by atoms with E-state index in [0.29, 0.717) is 12.0 Å². The number of aromatic nitrogens is 3. The van der Waals surface area contributed by atoms with Crippen molar-refractivity contribution in [2.75, 3.05) is 7.05 Å². The molecule has 5 rings (SSSR count). The molecule has 9 heteroatoms. The number of fused-ring (bicyclic) bond motifs is 1. The first kappa shape index (κ1) is 23.3. The van der Waals surface area contributed by atoms with Gasteiger partial charge >= 0.3 is 0 Å². The van der Waals surface area contributed by atoms with Crippen molar-refractivity contribution in [3.63, 3.8) is 0 Å². The van der Waals surface area contributed by atoms with Gasteiger partial charge in [-0.2, -0.15) is 4.31 Å². The van der Waals surface area contributed by atoms with Crippen molar-refractivity contribution in [1.82, 2.24) is 19.3 Å². The molecule has 178 valence electrons. The van der Waals surface area contributed by atoms with E-state index in [1.165, 1.54) is 27.8 Å². The number of hydrogen-bond acceptors (Lipinski definition) is 5. The van der Waals surface area contributed by atoms with Crippen molar-refractivity contribution < 1.29 is 12.8 Å². The molecule has 0 saturated carbocycles. The first-order chi connectivity index (χ1) is 16.8. The van der Waals surface area contributed by atoms with E-state index in [1.54, 1.807) is 49.6 Å². The van der Waals surface area contributed by atoms with Crippen LogP contribution < -0.4 is 0 Å². The predicted octanol–water partition coefficient (Wildman–Crippen LogP) is 5.47. The molecule has 35 heavy (non-hydrogen) atoms. The highest BCUT2D eigenvalue weighted by Crippen LogP contribution is 2.34. The fourth-order valence-electron chi connectivity index (χ4n) is 4.17. The average Bonchev–Trinajstić information content (AvgIpc) is 3.50. The zero-order chi connectivity index (χ0) is 24.6. The van der Waals surface area contributed by atoms with Gasteiger partial charge in [-0.1, -0.05) is 30.3 Å². The minimum absolute atomic E-state index is 0.189. The molecule has 0 saturated heterocycles. The zero-order valence-corrected chi connectivity index (χ0v) is 20.8. The van der Waals surface area contributed by atoms with E-state index in [4.69, 9.17) is 0 Å². The lowest BCUT2D eigenvalue weighted by atomic mass is 10.1. The third kappa shape index (κ3) is 4.62. The first-order valence-corrected chi connectivity index (χ1v) is 13.3. The molecule has 1 atom stereocenters. The summed E-state index contributed by atoms with van der Waals surface area (Å²) in [6, 6.07) is 17.9. The normalized spacial score (nSPS) is 12.9. The molecular weight excluding hydrogens is 483 g/mol. The van der Waals surface area contributed by atoms with Crippen molar-refractivity contribution in [3.05, 3.63) is 112 Å². The van der Waals surface area contributed by atoms with Crippen molar-refractivity contribution in [2.45, 2.75) is 24.3 Å². The molecule has 0 spiro atoms. The molecule has 2 aromatic carbocycles. The Labute approximate surface area is 207 Å². The Hall–Kier alpha value is -3.40. The summed E-state index contributed by atoms with van der Waals surface area (Å²) < 4.78 is 42.1. The zero-order valence-electron chi connectivity index (χ0n) is 19.1. The van der Waals surface area contributed by atoms with Crippen molar-refractivity contribution in [3.8, 4) is 0 Å². The number of thiophene rings is 1. The molecule has 1 N–H and O–H groups in total. The van der Waals surface area contributed by atoms with Crippen molar-refractivity contribution in [1.29, 1.82) is 0 Å². The van der Waals surface area contributed by atoms with E-state index in [2.05, 4.69) is 15.0 Å². The summed E-state index contributed by atoms with van der Waals surface area (Å²) in [6.45, 7) is 1.90. The molecular formula is C26H23FN4O2S2. The van der Waals surface area contributed by atoms with Crippen LogP contribution in [0.3, 0.4) is 0 Å². The predicted molar refractivity (Wildman–Crippen MR) is 135 cm³/mol. The van der Waals surface area contributed by atoms with Crippen LogP contribution in [0, 0.1) is 12.7 Å². The van der Waals surface area contributed by atoms with Gasteiger partial charge in [-0.15, -0.1) is 11.3 Å². The molecule has 1 unspecified atom stereocenters. The van der Waals surface area contributed by atoms with Crippen LogP contribution >= 0.6 is 11.3 Å². The third-order valence-corrected chi connectivity index (χ3v) is 8.69. The lowest BCUT2D eigenvalue weighted by Gasteiger charge is -2.27. The Morgan fingerprint density at radius 1 is 1.06 bits per heavy atom. The second-order valence-corrected chi connectivity index (χ2v) is 11.3. The van der Waals surface area contributed by atoms with Crippen LogP contribution in [0.2, 0.25) is 0 Å². The van der Waals surface area contributed by atoms with Crippen LogP contribution in [0.5, 0.6) is 0 Å². The second kappa shape index (κ2) is 9.33. The van der Waals surface area contributed by atoms with Crippen LogP contribution in [-0.4, -0.2) is 34.7 Å². The standard InChI is InChI=1S/C26H23FN4O2S2/c1-17-29-22-13-14-28-23(25(22)30-17)16-18-5-11-21(12-6-18)35(32,33)31(2)26(24-4-3-15-34-24)19-7-9-20(27)10-8-19/h3-15,26H,16H2,1-2H3,(H,29,30). The summed E-state index contributed by atoms with van der Waals surface area (Å²) in [7, 11) is -2.27. The van der Waals surface area contributed by atoms with Gasteiger partial charge in [0.25, 0.3) is 0 Å². The highest BCUT2D eigenvalue weighted by molar-refractivity contribution is 7.89. The molecule has 0 fully saturated rings. The quantitative estimate of drug-likeness (QED) is 0.318. The number of halogens is 1. The van der Waals surface area contributed by atoms with E-state index < -0.39 is 16.1 Å². The van der Waals surface area contributed by atoms with E-state index >= 15 is 0 Å². The highest BCUT2D eigenvalue weighted by Gasteiger charge is 2.31. The van der Waals surface area contributed by atoms with Crippen molar-refractivity contribution >= 4 is 32.4 Å². The van der Waals surface area contributed by atoms with Crippen LogP contribution in [0.15, 0.2) is 83.2 Å². The van der Waals surface area contributed by atoms with Gasteiger partial charge < -0.3 is 4.98 Å². The topological polar surface area (TPSA) is 79.0 Å². The molecule has 0 radical (unpaired) electrons. The Morgan fingerprint density at radius 2 is 1.80 bits per heavy atom. The fourth-order valence-corrected chi connectivity index (χ4v) is 6.45. The van der Waals surface area contributed by atoms with Crippen LogP contribution in [0.1, 0.15) is 33.6 Å². The molecule has 0 bridgehead atoms. The molecule has 0 aliphatic heterocycles. The van der Waals surface area contributed by atoms with Crippen LogP contribution in [0.25, 0.3) is 11.0 Å². The van der Waals surface area contributed by atoms with Crippen molar-refractivity contribution in [2.24, 2.45) is 0 Å². The van der Waals surface area contributed by atoms with Gasteiger partial charge in [-0.3, -0.25) is 4.98 Å². The number of H-pyrrole nitrogens is 1. The van der Waals surface area contributed by atoms with E-state index in [-0.39, 0.29) is 10.7 Å². The smallest absolute Gasteiger partial charge is 0.243 e. The number of aromatic amines is 1. The maximum absolute atomic E-state index is 13.6. The summed E-state index contributed by atoms with van der Waals surface area (Å²) in [5, 5.41) is 1.90. The number of hydrogen-bond donors (Lipinski definition) is 1. The van der Waals surface area contributed by atoms with E-state index in [9.17, 15) is 12.8 Å². The summed E-state index contributed by atoms with van der Waals surface area (Å²) in [4.78, 5) is 13.2. The number of benzene rings is 2. The summed E-state index contributed by atoms with van der Waals surface area (Å²) in [5.41, 5.74) is 4.20. The lowest BCUT2D eigenvalue weighted by Crippen LogP contribution is -2.31. The number of nitrogens with zero attached hydrogens (tertiary/aromatic N) is 3. The monoisotopic (exact) mass is 506 g/mol. The maximum atomic E-state index is 13.6. The second-order valence-electron chi connectivity index (χ2n) is 8.29. The number of aryl methyl sites for hydroxylation is 1. The highest BCUT2D eigenvalue weighted by atomic mass is 32.2. The Balaban J connectivity index is 1.44. The van der Waals surface area contributed by atoms with Crippen LogP contribution in [-0.2, 0) is 16.4 Å². The molecule has 0 aliphatic carbocycles. The van der Waals surface area contributed by atoms with Gasteiger partial charge in [0.2, 0.25) is 10.0 Å². The van der Waals surface area contributed by atoms with E-state index in [1.807, 2.05) is 30.5 Å². The summed E-state index contributed by atoms with van der Waals surface area (Å²) >= 11 is 1.46. The maximum Gasteiger partial charge on any atom is 0.243 e. The summed E-state index contributed by atoms with van der Waals surface area (Å²) in [5.74, 6) is 0.454. The largest absolute Gasteiger partial charge is 0.342 e. The number of imidazole rings is 1. The average molecular weight is 507 g/mol. The summed E-state index contributed by atoms with van der Waals surface area (Å²) in [6.07, 6.45) is 2.27. The molecule has 0 aliphatic rings. The van der Waals surface area contributed by atoms with Gasteiger partial charge in [0, 0.05) is 24.5 Å². The molecule has 3 heterocycles. The number of sulfonamides is 1.